The van der Waals surface area contributed by atoms with Gasteiger partial charge in [0, 0.05) is 36.0 Å². The Balaban J connectivity index is 2.11. The van der Waals surface area contributed by atoms with Crippen molar-refractivity contribution in [2.45, 2.75) is 32.4 Å². The van der Waals surface area contributed by atoms with Crippen molar-refractivity contribution in [3.63, 3.8) is 0 Å². The van der Waals surface area contributed by atoms with Crippen molar-refractivity contribution in [2.24, 2.45) is 5.73 Å². The molecule has 2 rings (SSSR count). The standard InChI is InChI=1S/C16H20ClN3OS/c1-10(12-4-6-13(17)7-5-12)11(2)20(3)16(21)14-9-22-15(8-18)19-14/h4-7,9-11H,8,18H2,1-3H3/t10-,11+/m1/s1. The summed E-state index contributed by atoms with van der Waals surface area (Å²) in [4.78, 5) is 18.5. The van der Waals surface area contributed by atoms with Crippen LogP contribution in [0.25, 0.3) is 0 Å². The molecule has 2 N–H and O–H groups in total. The van der Waals surface area contributed by atoms with E-state index in [0.29, 0.717) is 17.3 Å². The summed E-state index contributed by atoms with van der Waals surface area (Å²) in [6.45, 7) is 4.50. The number of rotatable bonds is 5. The van der Waals surface area contributed by atoms with E-state index in [1.54, 1.807) is 17.3 Å². The molecule has 2 aromatic rings. The number of thiazole rings is 1. The van der Waals surface area contributed by atoms with Crippen LogP contribution < -0.4 is 5.73 Å². The summed E-state index contributed by atoms with van der Waals surface area (Å²) in [5.74, 6) is 0.114. The summed E-state index contributed by atoms with van der Waals surface area (Å²) in [5.41, 5.74) is 7.16. The van der Waals surface area contributed by atoms with Gasteiger partial charge in [-0.3, -0.25) is 4.79 Å². The average molecular weight is 338 g/mol. The van der Waals surface area contributed by atoms with E-state index < -0.39 is 0 Å². The molecule has 0 aliphatic rings. The summed E-state index contributed by atoms with van der Waals surface area (Å²) >= 11 is 7.34. The maximum Gasteiger partial charge on any atom is 0.273 e. The number of benzene rings is 1. The molecule has 0 spiro atoms. The van der Waals surface area contributed by atoms with Crippen LogP contribution in [0.3, 0.4) is 0 Å². The fraction of sp³-hybridized carbons (Fsp3) is 0.375. The predicted molar refractivity (Wildman–Crippen MR) is 91.4 cm³/mol. The molecular weight excluding hydrogens is 318 g/mol. The van der Waals surface area contributed by atoms with Crippen LogP contribution in [0, 0.1) is 0 Å². The molecule has 0 aliphatic heterocycles. The number of carbonyl (C=O) groups is 1. The van der Waals surface area contributed by atoms with Gasteiger partial charge in [0.2, 0.25) is 0 Å². The van der Waals surface area contributed by atoms with E-state index in [1.807, 2.05) is 31.2 Å². The highest BCUT2D eigenvalue weighted by atomic mass is 35.5. The minimum absolute atomic E-state index is 0.0386. The maximum atomic E-state index is 12.5. The Morgan fingerprint density at radius 3 is 2.55 bits per heavy atom. The lowest BCUT2D eigenvalue weighted by Gasteiger charge is -2.29. The van der Waals surface area contributed by atoms with Gasteiger partial charge in [0.1, 0.15) is 10.7 Å². The summed E-state index contributed by atoms with van der Waals surface area (Å²) < 4.78 is 0. The number of halogens is 1. The highest BCUT2D eigenvalue weighted by Crippen LogP contribution is 2.25. The second-order valence-corrected chi connectivity index (χ2v) is 6.71. The molecule has 0 fully saturated rings. The molecule has 2 atom stereocenters. The molecule has 22 heavy (non-hydrogen) atoms. The number of likely N-dealkylation sites (N-methyl/N-ethyl adjacent to an activating group) is 1. The second kappa shape index (κ2) is 7.22. The fourth-order valence-electron chi connectivity index (χ4n) is 2.25. The first kappa shape index (κ1) is 16.9. The molecule has 0 saturated carbocycles. The van der Waals surface area contributed by atoms with E-state index in [2.05, 4.69) is 11.9 Å². The minimum atomic E-state index is -0.0794. The number of hydrogen-bond acceptors (Lipinski definition) is 4. The van der Waals surface area contributed by atoms with Gasteiger partial charge in [0.15, 0.2) is 0 Å². The van der Waals surface area contributed by atoms with E-state index in [4.69, 9.17) is 17.3 Å². The lowest BCUT2D eigenvalue weighted by atomic mass is 9.93. The normalized spacial score (nSPS) is 13.7. The number of amides is 1. The van der Waals surface area contributed by atoms with E-state index in [-0.39, 0.29) is 17.9 Å². The van der Waals surface area contributed by atoms with Crippen LogP contribution in [0.5, 0.6) is 0 Å². The van der Waals surface area contributed by atoms with E-state index in [1.165, 1.54) is 11.3 Å². The van der Waals surface area contributed by atoms with E-state index in [0.717, 1.165) is 10.6 Å². The first-order valence-electron chi connectivity index (χ1n) is 7.11. The van der Waals surface area contributed by atoms with Crippen molar-refractivity contribution in [3.05, 3.63) is 50.9 Å². The van der Waals surface area contributed by atoms with Crippen LogP contribution in [0.15, 0.2) is 29.6 Å². The van der Waals surface area contributed by atoms with Crippen molar-refractivity contribution in [2.75, 3.05) is 7.05 Å². The quantitative estimate of drug-likeness (QED) is 0.908. The van der Waals surface area contributed by atoms with Gasteiger partial charge in [-0.25, -0.2) is 4.98 Å². The highest BCUT2D eigenvalue weighted by Gasteiger charge is 2.24. The molecule has 0 aliphatic carbocycles. The number of hydrogen-bond donors (Lipinski definition) is 1. The molecule has 118 valence electrons. The maximum absolute atomic E-state index is 12.5. The van der Waals surface area contributed by atoms with Gasteiger partial charge in [0.25, 0.3) is 5.91 Å². The first-order valence-corrected chi connectivity index (χ1v) is 8.37. The van der Waals surface area contributed by atoms with Gasteiger partial charge in [-0.15, -0.1) is 11.3 Å². The SMILES string of the molecule is C[C@@H](c1ccc(Cl)cc1)[C@H](C)N(C)C(=O)c1csc(CN)n1. The van der Waals surface area contributed by atoms with Crippen LogP contribution in [0.2, 0.25) is 5.02 Å². The van der Waals surface area contributed by atoms with Gasteiger partial charge >= 0.3 is 0 Å². The molecule has 1 aromatic heterocycles. The van der Waals surface area contributed by atoms with Gasteiger partial charge in [0.05, 0.1) is 0 Å². The summed E-state index contributed by atoms with van der Waals surface area (Å²) in [5, 5.41) is 3.25. The van der Waals surface area contributed by atoms with Crippen LogP contribution in [-0.4, -0.2) is 28.9 Å². The van der Waals surface area contributed by atoms with Crippen LogP contribution in [-0.2, 0) is 6.54 Å². The molecule has 0 bridgehead atoms. The Hall–Kier alpha value is -1.43. The zero-order chi connectivity index (χ0) is 16.3. The Kier molecular flexibility index (Phi) is 5.56. The van der Waals surface area contributed by atoms with E-state index >= 15 is 0 Å². The largest absolute Gasteiger partial charge is 0.337 e. The smallest absolute Gasteiger partial charge is 0.273 e. The molecule has 0 radical (unpaired) electrons. The van der Waals surface area contributed by atoms with Crippen molar-refractivity contribution >= 4 is 28.8 Å². The number of aromatic nitrogens is 1. The lowest BCUT2D eigenvalue weighted by Crippen LogP contribution is -2.38. The fourth-order valence-corrected chi connectivity index (χ4v) is 3.02. The third-order valence-electron chi connectivity index (χ3n) is 4.00. The topological polar surface area (TPSA) is 59.2 Å². The Morgan fingerprint density at radius 1 is 1.36 bits per heavy atom. The highest BCUT2D eigenvalue weighted by molar-refractivity contribution is 7.09. The van der Waals surface area contributed by atoms with Gasteiger partial charge in [-0.2, -0.15) is 0 Å². The van der Waals surface area contributed by atoms with Crippen LogP contribution in [0.4, 0.5) is 0 Å². The second-order valence-electron chi connectivity index (χ2n) is 5.33. The van der Waals surface area contributed by atoms with Crippen LogP contribution >= 0.6 is 22.9 Å². The minimum Gasteiger partial charge on any atom is -0.337 e. The van der Waals surface area contributed by atoms with E-state index in [9.17, 15) is 4.79 Å². The number of carbonyl (C=O) groups excluding carboxylic acids is 1. The third kappa shape index (κ3) is 3.66. The average Bonchev–Trinajstić information content (AvgIpc) is 3.01. The van der Waals surface area contributed by atoms with Gasteiger partial charge in [-0.05, 0) is 24.6 Å². The Bertz CT molecular complexity index is 641. The van der Waals surface area contributed by atoms with Crippen molar-refractivity contribution in [1.29, 1.82) is 0 Å². The molecular formula is C16H20ClN3OS. The molecule has 1 aromatic carbocycles. The molecule has 0 unspecified atom stereocenters. The molecule has 1 heterocycles. The van der Waals surface area contributed by atoms with Crippen LogP contribution in [0.1, 0.15) is 40.8 Å². The predicted octanol–water partition coefficient (Wildman–Crippen LogP) is 3.52. The zero-order valence-corrected chi connectivity index (χ0v) is 14.5. The van der Waals surface area contributed by atoms with Gasteiger partial charge in [-0.1, -0.05) is 30.7 Å². The molecule has 6 heteroatoms. The number of nitrogens with zero attached hydrogens (tertiary/aromatic N) is 2. The Morgan fingerprint density at radius 2 is 2.00 bits per heavy atom. The molecule has 4 nitrogen and oxygen atoms in total. The Labute approximate surface area is 139 Å². The third-order valence-corrected chi connectivity index (χ3v) is 5.12. The number of nitrogens with two attached hydrogens (primary N) is 1. The van der Waals surface area contributed by atoms with Crippen molar-refractivity contribution in [1.82, 2.24) is 9.88 Å². The summed E-state index contributed by atoms with van der Waals surface area (Å²) in [6.07, 6.45) is 0. The van der Waals surface area contributed by atoms with Crippen molar-refractivity contribution in [3.8, 4) is 0 Å². The van der Waals surface area contributed by atoms with Crippen molar-refractivity contribution < 1.29 is 4.79 Å². The molecule has 1 amide bonds. The zero-order valence-electron chi connectivity index (χ0n) is 12.9. The molecule has 0 saturated heterocycles. The lowest BCUT2D eigenvalue weighted by molar-refractivity contribution is 0.0721. The monoisotopic (exact) mass is 337 g/mol. The summed E-state index contributed by atoms with van der Waals surface area (Å²) in [6, 6.07) is 7.77. The van der Waals surface area contributed by atoms with Gasteiger partial charge < -0.3 is 10.6 Å². The summed E-state index contributed by atoms with van der Waals surface area (Å²) in [7, 11) is 1.81. The first-order chi connectivity index (χ1) is 10.4.